The first kappa shape index (κ1) is 25.4. The summed E-state index contributed by atoms with van der Waals surface area (Å²) in [6.45, 7) is 6.31. The molecule has 2 N–H and O–H groups in total. The second kappa shape index (κ2) is 10.3. The van der Waals surface area contributed by atoms with E-state index in [0.29, 0.717) is 30.8 Å². The van der Waals surface area contributed by atoms with Gasteiger partial charge in [-0.25, -0.2) is 0 Å². The lowest BCUT2D eigenvalue weighted by atomic mass is 9.61. The third-order valence-corrected chi connectivity index (χ3v) is 9.49. The fraction of sp³-hybridized carbons (Fsp3) is 0.633. The maximum absolute atomic E-state index is 10.5. The van der Waals surface area contributed by atoms with E-state index in [2.05, 4.69) is 35.2 Å². The van der Waals surface area contributed by atoms with E-state index in [0.717, 1.165) is 82.6 Å². The summed E-state index contributed by atoms with van der Waals surface area (Å²) in [5.41, 5.74) is 6.25. The number of aromatic nitrogens is 2. The van der Waals surface area contributed by atoms with Crippen molar-refractivity contribution in [2.75, 3.05) is 44.7 Å². The highest BCUT2D eigenvalue weighted by atomic mass is 16.5. The van der Waals surface area contributed by atoms with Crippen molar-refractivity contribution in [2.24, 2.45) is 0 Å². The Hall–Kier alpha value is -2.89. The van der Waals surface area contributed by atoms with Crippen LogP contribution < -0.4 is 15.0 Å². The maximum atomic E-state index is 10.5. The number of anilines is 1. The zero-order valence-corrected chi connectivity index (χ0v) is 22.8. The smallest absolute Gasteiger partial charge is 0.318 e. The SMILES string of the molecule is Cc1cc(O)cc2c1CCCC21CCc2c(nc(OC[C@@H]3CCCN3C)nc2N2CCN[C@@H](CC#N)C2)C1. The molecule has 2 aliphatic carbocycles. The minimum Gasteiger partial charge on any atom is -0.508 e. The molecule has 8 nitrogen and oxygen atoms in total. The molecule has 3 heterocycles. The fourth-order valence-electron chi connectivity index (χ4n) is 7.41. The zero-order chi connectivity index (χ0) is 26.3. The lowest BCUT2D eigenvalue weighted by molar-refractivity contribution is 0.186. The highest BCUT2D eigenvalue weighted by Gasteiger charge is 2.42. The van der Waals surface area contributed by atoms with Gasteiger partial charge in [-0.15, -0.1) is 0 Å². The van der Waals surface area contributed by atoms with Crippen molar-refractivity contribution in [3.8, 4) is 17.8 Å². The molecule has 4 aliphatic rings. The van der Waals surface area contributed by atoms with Gasteiger partial charge in [-0.05, 0) is 101 Å². The molecule has 2 saturated heterocycles. The number of nitriles is 1. The van der Waals surface area contributed by atoms with Crippen molar-refractivity contribution in [3.05, 3.63) is 40.1 Å². The molecule has 202 valence electrons. The van der Waals surface area contributed by atoms with Gasteiger partial charge in [0.2, 0.25) is 0 Å². The number of aromatic hydroxyl groups is 1. The number of likely N-dealkylation sites (N-methyl/N-ethyl adjacent to an activating group) is 1. The summed E-state index contributed by atoms with van der Waals surface area (Å²) >= 11 is 0. The van der Waals surface area contributed by atoms with Gasteiger partial charge in [0.1, 0.15) is 18.2 Å². The Bertz CT molecular complexity index is 1240. The van der Waals surface area contributed by atoms with Crippen LogP contribution in [-0.2, 0) is 24.7 Å². The first-order valence-corrected chi connectivity index (χ1v) is 14.4. The Labute approximate surface area is 226 Å². The fourth-order valence-corrected chi connectivity index (χ4v) is 7.41. The maximum Gasteiger partial charge on any atom is 0.318 e. The van der Waals surface area contributed by atoms with Crippen LogP contribution in [-0.4, -0.2) is 71.9 Å². The molecule has 2 aliphatic heterocycles. The normalized spacial score (nSPS) is 27.1. The summed E-state index contributed by atoms with van der Waals surface area (Å²) in [7, 11) is 2.16. The van der Waals surface area contributed by atoms with E-state index < -0.39 is 0 Å². The number of rotatable bonds is 5. The van der Waals surface area contributed by atoms with Crippen LogP contribution in [0.2, 0.25) is 0 Å². The minimum absolute atomic E-state index is 0.00849. The average Bonchev–Trinajstić information content (AvgIpc) is 3.32. The van der Waals surface area contributed by atoms with Crippen LogP contribution in [0.15, 0.2) is 12.1 Å². The number of phenols is 1. The molecule has 38 heavy (non-hydrogen) atoms. The Balaban J connectivity index is 1.36. The van der Waals surface area contributed by atoms with Crippen LogP contribution in [0.5, 0.6) is 11.8 Å². The van der Waals surface area contributed by atoms with Crippen molar-refractivity contribution in [3.63, 3.8) is 0 Å². The van der Waals surface area contributed by atoms with E-state index in [1.54, 1.807) is 0 Å². The van der Waals surface area contributed by atoms with E-state index in [-0.39, 0.29) is 11.5 Å². The van der Waals surface area contributed by atoms with Crippen molar-refractivity contribution < 1.29 is 9.84 Å². The van der Waals surface area contributed by atoms with Crippen LogP contribution in [0, 0.1) is 18.3 Å². The molecule has 0 saturated carbocycles. The van der Waals surface area contributed by atoms with E-state index in [1.807, 2.05) is 12.1 Å². The molecule has 1 spiro atoms. The quantitative estimate of drug-likeness (QED) is 0.624. The van der Waals surface area contributed by atoms with Gasteiger partial charge in [0.15, 0.2) is 0 Å². The summed E-state index contributed by atoms with van der Waals surface area (Å²) in [5, 5.41) is 23.3. The number of nitrogens with one attached hydrogen (secondary N) is 1. The second-order valence-electron chi connectivity index (χ2n) is 11.9. The lowest BCUT2D eigenvalue weighted by Gasteiger charge is -2.44. The minimum atomic E-state index is -0.00849. The molecular formula is C30H40N6O2. The van der Waals surface area contributed by atoms with Gasteiger partial charge in [0.25, 0.3) is 0 Å². The molecule has 0 radical (unpaired) electrons. The van der Waals surface area contributed by atoms with E-state index in [9.17, 15) is 10.4 Å². The standard InChI is InChI=1S/C30H40N6O2/c1-20-15-23(37)16-26-24(20)6-3-9-30(26)10-7-25-27(17-30)33-29(38-19-22-5-4-13-35(22)2)34-28(25)36-14-12-32-21(18-36)8-11-31/h15-16,21-22,32,37H,3-10,12-14,17-19H2,1-2H3/t21-,22-,30?/m0/s1. The van der Waals surface area contributed by atoms with Crippen molar-refractivity contribution in [1.82, 2.24) is 20.2 Å². The summed E-state index contributed by atoms with van der Waals surface area (Å²) in [6, 6.07) is 7.27. The molecule has 8 heteroatoms. The number of ether oxygens (including phenoxy) is 1. The number of fused-ring (bicyclic) bond motifs is 3. The molecule has 0 bridgehead atoms. The Morgan fingerprint density at radius 1 is 1.18 bits per heavy atom. The summed E-state index contributed by atoms with van der Waals surface area (Å²) in [5.74, 6) is 1.36. The van der Waals surface area contributed by atoms with E-state index in [1.165, 1.54) is 28.7 Å². The monoisotopic (exact) mass is 516 g/mol. The van der Waals surface area contributed by atoms with Gasteiger partial charge in [0.05, 0.1) is 18.2 Å². The van der Waals surface area contributed by atoms with Crippen molar-refractivity contribution in [1.29, 1.82) is 5.26 Å². The van der Waals surface area contributed by atoms with Crippen LogP contribution in [0.25, 0.3) is 0 Å². The second-order valence-corrected chi connectivity index (χ2v) is 11.9. The van der Waals surface area contributed by atoms with Gasteiger partial charge in [0, 0.05) is 42.7 Å². The lowest BCUT2D eigenvalue weighted by Crippen LogP contribution is -2.51. The molecule has 1 aromatic heterocycles. The Morgan fingerprint density at radius 2 is 2.08 bits per heavy atom. The number of hydrogen-bond donors (Lipinski definition) is 2. The number of aryl methyl sites for hydroxylation is 1. The molecule has 0 amide bonds. The third-order valence-electron chi connectivity index (χ3n) is 9.49. The molecule has 2 aromatic rings. The van der Waals surface area contributed by atoms with E-state index in [4.69, 9.17) is 14.7 Å². The highest BCUT2D eigenvalue weighted by molar-refractivity contribution is 5.55. The predicted molar refractivity (Wildman–Crippen MR) is 147 cm³/mol. The first-order chi connectivity index (χ1) is 18.5. The third kappa shape index (κ3) is 4.71. The first-order valence-electron chi connectivity index (χ1n) is 14.4. The Morgan fingerprint density at radius 3 is 2.89 bits per heavy atom. The summed E-state index contributed by atoms with van der Waals surface area (Å²) < 4.78 is 6.32. The van der Waals surface area contributed by atoms with Gasteiger partial charge in [-0.3, -0.25) is 0 Å². The van der Waals surface area contributed by atoms with Crippen molar-refractivity contribution in [2.45, 2.75) is 82.2 Å². The topological polar surface area (TPSA) is 97.5 Å². The van der Waals surface area contributed by atoms with Crippen LogP contribution in [0.3, 0.4) is 0 Å². The number of hydrogen-bond acceptors (Lipinski definition) is 8. The average molecular weight is 517 g/mol. The number of piperazine rings is 1. The number of phenolic OH excluding ortho intramolecular Hbond substituents is 1. The molecular weight excluding hydrogens is 476 g/mol. The number of nitrogens with zero attached hydrogens (tertiary/aromatic N) is 5. The predicted octanol–water partition coefficient (Wildman–Crippen LogP) is 3.42. The van der Waals surface area contributed by atoms with E-state index >= 15 is 0 Å². The van der Waals surface area contributed by atoms with Crippen molar-refractivity contribution >= 4 is 5.82 Å². The molecule has 6 rings (SSSR count). The molecule has 1 aromatic carbocycles. The van der Waals surface area contributed by atoms with Gasteiger partial charge in [-0.2, -0.15) is 15.2 Å². The van der Waals surface area contributed by atoms with Gasteiger partial charge >= 0.3 is 6.01 Å². The molecule has 1 unspecified atom stereocenters. The molecule has 2 fully saturated rings. The number of benzene rings is 1. The van der Waals surface area contributed by atoms with Crippen LogP contribution in [0.1, 0.15) is 66.5 Å². The highest BCUT2D eigenvalue weighted by Crippen LogP contribution is 2.49. The largest absolute Gasteiger partial charge is 0.508 e. The summed E-state index contributed by atoms with van der Waals surface area (Å²) in [4.78, 5) is 14.8. The van der Waals surface area contributed by atoms with Gasteiger partial charge in [-0.1, -0.05) is 0 Å². The van der Waals surface area contributed by atoms with Gasteiger partial charge < -0.3 is 25.0 Å². The van der Waals surface area contributed by atoms with Crippen LogP contribution >= 0.6 is 0 Å². The zero-order valence-electron chi connectivity index (χ0n) is 22.8. The summed E-state index contributed by atoms with van der Waals surface area (Å²) in [6.07, 6.45) is 8.99. The molecule has 3 atom stereocenters. The Kier molecular flexibility index (Phi) is 6.92. The number of likely N-dealkylation sites (tertiary alicyclic amines) is 1. The van der Waals surface area contributed by atoms with Crippen LogP contribution in [0.4, 0.5) is 5.82 Å².